The van der Waals surface area contributed by atoms with E-state index in [0.717, 1.165) is 27.2 Å². The maximum Gasteiger partial charge on any atom is 0.245 e. The van der Waals surface area contributed by atoms with Gasteiger partial charge in [-0.2, -0.15) is 0 Å². The normalized spacial score (nSPS) is 10.6. The summed E-state index contributed by atoms with van der Waals surface area (Å²) in [5.74, 6) is 0. The van der Waals surface area contributed by atoms with Crippen LogP contribution in [0, 0.1) is 5.21 Å². The van der Waals surface area contributed by atoms with E-state index in [1.807, 2.05) is 74.4 Å². The summed E-state index contributed by atoms with van der Waals surface area (Å²) in [6.07, 6.45) is 0.624. The van der Waals surface area contributed by atoms with Gasteiger partial charge in [0.2, 0.25) is 5.69 Å². The molecule has 0 bridgehead atoms. The monoisotopic (exact) mass is 319 g/mol. The Morgan fingerprint density at radius 1 is 0.917 bits per heavy atom. The third-order valence-corrected chi connectivity index (χ3v) is 4.06. The Labute approximate surface area is 142 Å². The van der Waals surface area contributed by atoms with Crippen LogP contribution in [0.5, 0.6) is 0 Å². The number of hydrogen-bond acceptors (Lipinski definition) is 3. The van der Waals surface area contributed by atoms with Crippen molar-refractivity contribution in [3.8, 4) is 22.4 Å². The summed E-state index contributed by atoms with van der Waals surface area (Å²) in [4.78, 5) is 2.77. The fourth-order valence-electron chi connectivity index (χ4n) is 3.01. The third kappa shape index (κ3) is 2.83. The highest BCUT2D eigenvalue weighted by molar-refractivity contribution is 5.90. The van der Waals surface area contributed by atoms with E-state index in [1.54, 1.807) is 0 Å². The predicted molar refractivity (Wildman–Crippen MR) is 97.8 cm³/mol. The van der Waals surface area contributed by atoms with Gasteiger partial charge in [-0.15, -0.1) is 0 Å². The standard InChI is InChI=1S/C20H21N3O/c1-4-17-20(22(2)3)18(15-11-7-5-8-12-15)19(21-23(17)24)16-13-9-6-10-14-16/h5-14H,4H2,1-3H3. The van der Waals surface area contributed by atoms with Gasteiger partial charge >= 0.3 is 0 Å². The molecule has 0 saturated heterocycles. The molecule has 0 amide bonds. The number of nitrogens with zero attached hydrogens (tertiary/aromatic N) is 3. The van der Waals surface area contributed by atoms with Crippen molar-refractivity contribution in [2.45, 2.75) is 13.3 Å². The van der Waals surface area contributed by atoms with Gasteiger partial charge in [-0.3, -0.25) is 0 Å². The lowest BCUT2D eigenvalue weighted by atomic mass is 9.96. The second-order valence-electron chi connectivity index (χ2n) is 5.87. The van der Waals surface area contributed by atoms with Crippen molar-refractivity contribution < 1.29 is 4.85 Å². The van der Waals surface area contributed by atoms with Crippen LogP contribution in [0.15, 0.2) is 60.7 Å². The number of hydrogen-bond donors (Lipinski definition) is 0. The quantitative estimate of drug-likeness (QED) is 0.544. The summed E-state index contributed by atoms with van der Waals surface area (Å²) >= 11 is 0. The van der Waals surface area contributed by atoms with E-state index in [9.17, 15) is 5.21 Å². The second kappa shape index (κ2) is 6.71. The molecule has 0 fully saturated rings. The second-order valence-corrected chi connectivity index (χ2v) is 5.87. The Morgan fingerprint density at radius 2 is 1.46 bits per heavy atom. The minimum absolute atomic E-state index is 0.624. The van der Waals surface area contributed by atoms with Crippen LogP contribution in [0.2, 0.25) is 0 Å². The lowest BCUT2D eigenvalue weighted by molar-refractivity contribution is -0.674. The fraction of sp³-hybridized carbons (Fsp3) is 0.200. The van der Waals surface area contributed by atoms with Crippen molar-refractivity contribution >= 4 is 5.69 Å². The van der Waals surface area contributed by atoms with Crippen LogP contribution < -0.4 is 9.75 Å². The molecule has 0 saturated carbocycles. The summed E-state index contributed by atoms with van der Waals surface area (Å²) < 4.78 is 0. The largest absolute Gasteiger partial charge is 0.594 e. The highest BCUT2D eigenvalue weighted by Crippen LogP contribution is 2.38. The van der Waals surface area contributed by atoms with Crippen LogP contribution in [-0.2, 0) is 6.42 Å². The van der Waals surface area contributed by atoms with Crippen molar-refractivity contribution in [1.29, 1.82) is 0 Å². The molecule has 24 heavy (non-hydrogen) atoms. The molecule has 0 atom stereocenters. The van der Waals surface area contributed by atoms with Crippen molar-refractivity contribution in [2.75, 3.05) is 19.0 Å². The Kier molecular flexibility index (Phi) is 4.47. The van der Waals surface area contributed by atoms with E-state index < -0.39 is 0 Å². The van der Waals surface area contributed by atoms with Crippen LogP contribution in [0.1, 0.15) is 12.6 Å². The minimum atomic E-state index is 0.624. The molecule has 2 aromatic carbocycles. The first-order chi connectivity index (χ1) is 11.6. The summed E-state index contributed by atoms with van der Waals surface area (Å²) in [7, 11) is 3.94. The summed E-state index contributed by atoms with van der Waals surface area (Å²) in [6.45, 7) is 1.98. The first-order valence-corrected chi connectivity index (χ1v) is 8.08. The molecule has 1 aromatic heterocycles. The zero-order valence-electron chi connectivity index (χ0n) is 14.2. The Balaban J connectivity index is 2.41. The van der Waals surface area contributed by atoms with Gasteiger partial charge in [0.05, 0.1) is 0 Å². The van der Waals surface area contributed by atoms with Crippen molar-refractivity contribution in [2.24, 2.45) is 0 Å². The van der Waals surface area contributed by atoms with Crippen molar-refractivity contribution in [3.63, 3.8) is 0 Å². The van der Waals surface area contributed by atoms with E-state index >= 15 is 0 Å². The van der Waals surface area contributed by atoms with Crippen LogP contribution in [0.3, 0.4) is 0 Å². The molecule has 122 valence electrons. The Hall–Kier alpha value is -2.88. The maximum absolute atomic E-state index is 12.5. The molecule has 4 heteroatoms. The fourth-order valence-corrected chi connectivity index (χ4v) is 3.01. The highest BCUT2D eigenvalue weighted by atomic mass is 16.5. The van der Waals surface area contributed by atoms with E-state index in [0.29, 0.717) is 17.8 Å². The molecule has 3 aromatic rings. The average Bonchev–Trinajstić information content (AvgIpc) is 2.62. The highest BCUT2D eigenvalue weighted by Gasteiger charge is 2.26. The molecule has 0 aliphatic heterocycles. The summed E-state index contributed by atoms with van der Waals surface area (Å²) in [5.41, 5.74) is 5.30. The van der Waals surface area contributed by atoms with Gasteiger partial charge in [0.15, 0.2) is 0 Å². The van der Waals surface area contributed by atoms with Gasteiger partial charge in [0, 0.05) is 36.7 Å². The molecule has 0 unspecified atom stereocenters. The van der Waals surface area contributed by atoms with Gasteiger partial charge in [-0.05, 0) is 5.56 Å². The minimum Gasteiger partial charge on any atom is -0.594 e. The smallest absolute Gasteiger partial charge is 0.245 e. The van der Waals surface area contributed by atoms with E-state index in [2.05, 4.69) is 17.2 Å². The van der Waals surface area contributed by atoms with E-state index in [1.165, 1.54) is 0 Å². The van der Waals surface area contributed by atoms with E-state index in [4.69, 9.17) is 0 Å². The summed E-state index contributed by atoms with van der Waals surface area (Å²) in [5, 5.41) is 16.9. The van der Waals surface area contributed by atoms with Gasteiger partial charge in [0.25, 0.3) is 0 Å². The number of aromatic nitrogens is 2. The first kappa shape index (κ1) is 16.0. The lowest BCUT2D eigenvalue weighted by Crippen LogP contribution is -2.39. The Morgan fingerprint density at radius 3 is 1.96 bits per heavy atom. The SMILES string of the molecule is CCc1c(N(C)C)c(-c2ccccc2)c(-c2ccccc2)n[n+]1[O-]. The number of benzene rings is 2. The van der Waals surface area contributed by atoms with Crippen LogP contribution in [-0.4, -0.2) is 19.2 Å². The molecule has 0 N–H and O–H groups in total. The van der Waals surface area contributed by atoms with E-state index in [-0.39, 0.29) is 0 Å². The zero-order valence-corrected chi connectivity index (χ0v) is 14.2. The lowest BCUT2D eigenvalue weighted by Gasteiger charge is -2.21. The molecule has 0 aliphatic carbocycles. The number of anilines is 1. The maximum atomic E-state index is 12.5. The van der Waals surface area contributed by atoms with Gasteiger partial charge in [-0.1, -0.05) is 72.4 Å². The molecular formula is C20H21N3O. The molecule has 4 nitrogen and oxygen atoms in total. The molecule has 1 heterocycles. The predicted octanol–water partition coefficient (Wildman–Crippen LogP) is 3.68. The molecule has 0 aliphatic rings. The molecular weight excluding hydrogens is 298 g/mol. The topological polar surface area (TPSA) is 43.1 Å². The van der Waals surface area contributed by atoms with Crippen LogP contribution >= 0.6 is 0 Å². The van der Waals surface area contributed by atoms with Crippen LogP contribution in [0.25, 0.3) is 22.4 Å². The molecule has 0 spiro atoms. The van der Waals surface area contributed by atoms with Crippen molar-refractivity contribution in [3.05, 3.63) is 71.6 Å². The van der Waals surface area contributed by atoms with Crippen molar-refractivity contribution in [1.82, 2.24) is 5.10 Å². The van der Waals surface area contributed by atoms with Gasteiger partial charge < -0.3 is 10.1 Å². The first-order valence-electron chi connectivity index (χ1n) is 8.08. The third-order valence-electron chi connectivity index (χ3n) is 4.06. The zero-order chi connectivity index (χ0) is 17.1. The molecule has 0 radical (unpaired) electrons. The average molecular weight is 319 g/mol. The van der Waals surface area contributed by atoms with Gasteiger partial charge in [-0.25, -0.2) is 0 Å². The molecule has 3 rings (SSSR count). The number of rotatable bonds is 4. The van der Waals surface area contributed by atoms with Gasteiger partial charge in [0.1, 0.15) is 11.4 Å². The van der Waals surface area contributed by atoms with Crippen LogP contribution in [0.4, 0.5) is 5.69 Å². The Bertz CT molecular complexity index is 831. The summed E-state index contributed by atoms with van der Waals surface area (Å²) in [6, 6.07) is 20.0.